The van der Waals surface area contributed by atoms with Gasteiger partial charge in [0.25, 0.3) is 0 Å². The molecule has 3 rings (SSSR count). The van der Waals surface area contributed by atoms with Crippen LogP contribution < -0.4 is 10.6 Å². The van der Waals surface area contributed by atoms with E-state index in [2.05, 4.69) is 44.8 Å². The molecule has 1 atom stereocenters. The van der Waals surface area contributed by atoms with Crippen molar-refractivity contribution in [2.24, 2.45) is 10.9 Å². The summed E-state index contributed by atoms with van der Waals surface area (Å²) in [4.78, 5) is 21.1. The molecule has 0 bridgehead atoms. The molecule has 166 valence electrons. The van der Waals surface area contributed by atoms with Crippen LogP contribution in [-0.4, -0.2) is 87.7 Å². The molecule has 2 aliphatic rings. The van der Waals surface area contributed by atoms with Crippen molar-refractivity contribution < 1.29 is 9.53 Å². The number of aliphatic imine (C=N–C) groups is 1. The van der Waals surface area contributed by atoms with Gasteiger partial charge in [-0.2, -0.15) is 0 Å². The largest absolute Gasteiger partial charge is 0.379 e. The Hall–Kier alpha value is -2.12. The van der Waals surface area contributed by atoms with Crippen molar-refractivity contribution in [3.63, 3.8) is 0 Å². The molecule has 1 aromatic rings. The molecule has 1 amide bonds. The zero-order chi connectivity index (χ0) is 21.0. The van der Waals surface area contributed by atoms with Gasteiger partial charge in [0, 0.05) is 58.7 Å². The molecule has 2 fully saturated rings. The van der Waals surface area contributed by atoms with Crippen LogP contribution in [0.3, 0.4) is 0 Å². The van der Waals surface area contributed by atoms with Gasteiger partial charge in [-0.1, -0.05) is 30.3 Å². The minimum absolute atomic E-state index is 0.267. The van der Waals surface area contributed by atoms with Crippen LogP contribution in [0.1, 0.15) is 24.8 Å². The van der Waals surface area contributed by atoms with Crippen molar-refractivity contribution in [3.05, 3.63) is 35.9 Å². The molecular weight excluding hydrogens is 378 g/mol. The molecule has 0 radical (unpaired) electrons. The van der Waals surface area contributed by atoms with Gasteiger partial charge in [0.1, 0.15) is 0 Å². The van der Waals surface area contributed by atoms with E-state index in [-0.39, 0.29) is 5.91 Å². The number of nitrogens with one attached hydrogen (secondary N) is 2. The molecular formula is C23H37N5O2. The van der Waals surface area contributed by atoms with Crippen LogP contribution in [0.5, 0.6) is 0 Å². The van der Waals surface area contributed by atoms with Crippen molar-refractivity contribution in [1.29, 1.82) is 0 Å². The predicted octanol–water partition coefficient (Wildman–Crippen LogP) is 1.36. The number of carbonyl (C=O) groups excluding carboxylic acids is 1. The summed E-state index contributed by atoms with van der Waals surface area (Å²) in [5, 5.41) is 6.80. The number of amides is 1. The Labute approximate surface area is 180 Å². The third kappa shape index (κ3) is 7.61. The quantitative estimate of drug-likeness (QED) is 0.343. The Morgan fingerprint density at radius 2 is 1.93 bits per heavy atom. The summed E-state index contributed by atoms with van der Waals surface area (Å²) in [6.07, 6.45) is 3.84. The topological polar surface area (TPSA) is 69.2 Å². The number of nitrogens with zero attached hydrogens (tertiary/aromatic N) is 3. The van der Waals surface area contributed by atoms with Gasteiger partial charge in [0.05, 0.1) is 13.2 Å². The first-order valence-electron chi connectivity index (χ1n) is 11.3. The minimum atomic E-state index is 0.267. The third-order valence-electron chi connectivity index (χ3n) is 5.89. The van der Waals surface area contributed by atoms with Gasteiger partial charge in [0.15, 0.2) is 5.96 Å². The van der Waals surface area contributed by atoms with Gasteiger partial charge in [-0.15, -0.1) is 0 Å². The van der Waals surface area contributed by atoms with Crippen LogP contribution in [0, 0.1) is 5.92 Å². The van der Waals surface area contributed by atoms with Crippen LogP contribution in [0.4, 0.5) is 0 Å². The molecule has 1 unspecified atom stereocenters. The summed E-state index contributed by atoms with van der Waals surface area (Å²) in [7, 11) is 1.80. The number of guanidine groups is 1. The van der Waals surface area contributed by atoms with Gasteiger partial charge in [-0.3, -0.25) is 14.7 Å². The number of hydrogen-bond donors (Lipinski definition) is 2. The number of ether oxygens (including phenoxy) is 1. The minimum Gasteiger partial charge on any atom is -0.379 e. The van der Waals surface area contributed by atoms with Crippen LogP contribution >= 0.6 is 0 Å². The first-order chi connectivity index (χ1) is 14.7. The maximum Gasteiger partial charge on any atom is 0.223 e. The summed E-state index contributed by atoms with van der Waals surface area (Å²) >= 11 is 0. The smallest absolute Gasteiger partial charge is 0.223 e. The number of morpholine rings is 1. The van der Waals surface area contributed by atoms with Gasteiger partial charge in [0.2, 0.25) is 5.91 Å². The predicted molar refractivity (Wildman–Crippen MR) is 121 cm³/mol. The highest BCUT2D eigenvalue weighted by molar-refractivity contribution is 5.80. The molecule has 0 spiro atoms. The second-order valence-corrected chi connectivity index (χ2v) is 8.19. The molecule has 2 saturated heterocycles. The highest BCUT2D eigenvalue weighted by Gasteiger charge is 2.29. The van der Waals surface area contributed by atoms with E-state index in [9.17, 15) is 4.79 Å². The first kappa shape index (κ1) is 22.6. The molecule has 0 saturated carbocycles. The molecule has 7 heteroatoms. The van der Waals surface area contributed by atoms with Crippen molar-refractivity contribution >= 4 is 11.9 Å². The number of hydrogen-bond acceptors (Lipinski definition) is 4. The SMILES string of the molecule is CN=C(NCCCCN1CCOCC1)NCC1CC(=O)N(CCc2ccccc2)C1. The number of unbranched alkanes of at least 4 members (excludes halogenated alkanes) is 1. The second kappa shape index (κ2) is 12.5. The summed E-state index contributed by atoms with van der Waals surface area (Å²) in [5.74, 6) is 1.44. The lowest BCUT2D eigenvalue weighted by Crippen LogP contribution is -2.41. The van der Waals surface area contributed by atoms with E-state index in [1.165, 1.54) is 12.0 Å². The van der Waals surface area contributed by atoms with E-state index in [1.807, 2.05) is 11.0 Å². The van der Waals surface area contributed by atoms with Crippen LogP contribution in [0.2, 0.25) is 0 Å². The van der Waals surface area contributed by atoms with E-state index in [0.29, 0.717) is 12.3 Å². The van der Waals surface area contributed by atoms with E-state index >= 15 is 0 Å². The average Bonchev–Trinajstić information content (AvgIpc) is 3.15. The van der Waals surface area contributed by atoms with Gasteiger partial charge < -0.3 is 20.3 Å². The van der Waals surface area contributed by atoms with Crippen LogP contribution in [0.15, 0.2) is 35.3 Å². The van der Waals surface area contributed by atoms with E-state index in [4.69, 9.17) is 4.74 Å². The van der Waals surface area contributed by atoms with Gasteiger partial charge >= 0.3 is 0 Å². The maximum absolute atomic E-state index is 12.3. The summed E-state index contributed by atoms with van der Waals surface area (Å²) < 4.78 is 5.39. The molecule has 7 nitrogen and oxygen atoms in total. The maximum atomic E-state index is 12.3. The van der Waals surface area contributed by atoms with E-state index in [0.717, 1.165) is 77.8 Å². The lowest BCUT2D eigenvalue weighted by molar-refractivity contribution is -0.127. The number of benzene rings is 1. The highest BCUT2D eigenvalue weighted by atomic mass is 16.5. The Bertz CT molecular complexity index is 661. The lowest BCUT2D eigenvalue weighted by atomic mass is 10.1. The molecule has 0 aliphatic carbocycles. The fourth-order valence-electron chi connectivity index (χ4n) is 4.07. The molecule has 2 heterocycles. The zero-order valence-electron chi connectivity index (χ0n) is 18.3. The molecule has 30 heavy (non-hydrogen) atoms. The number of carbonyl (C=O) groups is 1. The number of likely N-dealkylation sites (tertiary alicyclic amines) is 1. The molecule has 2 aliphatic heterocycles. The lowest BCUT2D eigenvalue weighted by Gasteiger charge is -2.26. The van der Waals surface area contributed by atoms with Gasteiger partial charge in [-0.25, -0.2) is 0 Å². The number of rotatable bonds is 10. The van der Waals surface area contributed by atoms with E-state index < -0.39 is 0 Å². The average molecular weight is 416 g/mol. The van der Waals surface area contributed by atoms with Crippen LogP contribution in [0.25, 0.3) is 0 Å². The van der Waals surface area contributed by atoms with Crippen LogP contribution in [-0.2, 0) is 16.0 Å². The zero-order valence-corrected chi connectivity index (χ0v) is 18.3. The monoisotopic (exact) mass is 415 g/mol. The van der Waals surface area contributed by atoms with Crippen molar-refractivity contribution in [1.82, 2.24) is 20.4 Å². The van der Waals surface area contributed by atoms with Crippen molar-refractivity contribution in [2.75, 3.05) is 66.1 Å². The van der Waals surface area contributed by atoms with Crippen molar-refractivity contribution in [2.45, 2.75) is 25.7 Å². The fourth-order valence-corrected chi connectivity index (χ4v) is 4.07. The Morgan fingerprint density at radius 1 is 1.13 bits per heavy atom. The highest BCUT2D eigenvalue weighted by Crippen LogP contribution is 2.17. The standard InChI is InChI=1S/C23H37N5O2/c1-24-23(25-10-5-6-11-27-13-15-30-16-14-27)26-18-21-17-22(29)28(19-21)12-9-20-7-3-2-4-8-20/h2-4,7-8,21H,5-6,9-19H2,1H3,(H2,24,25,26). The fraction of sp³-hybridized carbons (Fsp3) is 0.652. The van der Waals surface area contributed by atoms with Gasteiger partial charge in [-0.05, 0) is 31.4 Å². The third-order valence-corrected chi connectivity index (χ3v) is 5.89. The summed E-state index contributed by atoms with van der Waals surface area (Å²) in [6, 6.07) is 10.4. The summed E-state index contributed by atoms with van der Waals surface area (Å²) in [6.45, 7) is 8.30. The van der Waals surface area contributed by atoms with Crippen molar-refractivity contribution in [3.8, 4) is 0 Å². The normalized spacial score (nSPS) is 20.6. The summed E-state index contributed by atoms with van der Waals surface area (Å²) in [5.41, 5.74) is 1.28. The Kier molecular flexibility index (Phi) is 9.44. The molecule has 1 aromatic carbocycles. The molecule has 2 N–H and O–H groups in total. The Balaban J connectivity index is 1.27. The first-order valence-corrected chi connectivity index (χ1v) is 11.3. The van der Waals surface area contributed by atoms with E-state index in [1.54, 1.807) is 7.05 Å². The Morgan fingerprint density at radius 3 is 2.70 bits per heavy atom. The molecule has 0 aromatic heterocycles. The second-order valence-electron chi connectivity index (χ2n) is 8.19.